The van der Waals surface area contributed by atoms with Gasteiger partial charge in [-0.1, -0.05) is 60.2 Å². The summed E-state index contributed by atoms with van der Waals surface area (Å²) in [6.45, 7) is 4.75. The van der Waals surface area contributed by atoms with E-state index in [4.69, 9.17) is 4.74 Å². The van der Waals surface area contributed by atoms with Crippen LogP contribution in [0.1, 0.15) is 23.6 Å². The van der Waals surface area contributed by atoms with Crippen molar-refractivity contribution in [3.8, 4) is 5.75 Å². The third-order valence-corrected chi connectivity index (χ3v) is 6.49. The number of carbonyl (C=O) groups excluding carboxylic acids is 2. The van der Waals surface area contributed by atoms with Crippen molar-refractivity contribution in [3.63, 3.8) is 0 Å². The topological polar surface area (TPSA) is 58.6 Å². The Balaban J connectivity index is 1.89. The highest BCUT2D eigenvalue weighted by molar-refractivity contribution is 8.00. The third-order valence-electron chi connectivity index (χ3n) is 5.49. The van der Waals surface area contributed by atoms with Gasteiger partial charge < -0.3 is 15.0 Å². The van der Waals surface area contributed by atoms with Crippen LogP contribution in [0.5, 0.6) is 5.75 Å². The van der Waals surface area contributed by atoms with E-state index in [0.29, 0.717) is 19.5 Å². The van der Waals surface area contributed by atoms with Crippen LogP contribution in [0.3, 0.4) is 0 Å². The summed E-state index contributed by atoms with van der Waals surface area (Å²) in [5, 5.41) is 2.93. The van der Waals surface area contributed by atoms with Crippen LogP contribution in [0.4, 0.5) is 0 Å². The SMILES string of the molecule is CCNC(=O)[C@@H](Cc1ccccc1)N(Cc1cccc(OC)c1)C(=O)CSc1ccc(C)cc1. The molecule has 6 heteroatoms. The predicted molar refractivity (Wildman–Crippen MR) is 138 cm³/mol. The summed E-state index contributed by atoms with van der Waals surface area (Å²) >= 11 is 1.48. The van der Waals surface area contributed by atoms with E-state index < -0.39 is 6.04 Å². The van der Waals surface area contributed by atoms with Gasteiger partial charge in [0.15, 0.2) is 0 Å². The molecule has 1 N–H and O–H groups in total. The summed E-state index contributed by atoms with van der Waals surface area (Å²) in [6, 6.07) is 24.9. The molecule has 0 heterocycles. The molecule has 2 amide bonds. The lowest BCUT2D eigenvalue weighted by Gasteiger charge is -2.31. The van der Waals surface area contributed by atoms with E-state index in [9.17, 15) is 9.59 Å². The van der Waals surface area contributed by atoms with Crippen molar-refractivity contribution in [2.75, 3.05) is 19.4 Å². The van der Waals surface area contributed by atoms with Crippen molar-refractivity contribution < 1.29 is 14.3 Å². The van der Waals surface area contributed by atoms with E-state index in [1.165, 1.54) is 17.3 Å². The monoisotopic (exact) mass is 476 g/mol. The van der Waals surface area contributed by atoms with Crippen LogP contribution in [0.2, 0.25) is 0 Å². The number of likely N-dealkylation sites (N-methyl/N-ethyl adjacent to an activating group) is 1. The molecule has 5 nitrogen and oxygen atoms in total. The van der Waals surface area contributed by atoms with E-state index in [2.05, 4.69) is 5.32 Å². The van der Waals surface area contributed by atoms with Gasteiger partial charge in [0.1, 0.15) is 11.8 Å². The lowest BCUT2D eigenvalue weighted by Crippen LogP contribution is -2.51. The van der Waals surface area contributed by atoms with Crippen molar-refractivity contribution in [2.24, 2.45) is 0 Å². The summed E-state index contributed by atoms with van der Waals surface area (Å²) in [5.41, 5.74) is 3.10. The first-order valence-electron chi connectivity index (χ1n) is 11.4. The number of benzene rings is 3. The minimum absolute atomic E-state index is 0.0828. The molecule has 0 aliphatic rings. The zero-order valence-corrected chi connectivity index (χ0v) is 20.8. The number of carbonyl (C=O) groups is 2. The Labute approximate surface area is 206 Å². The summed E-state index contributed by atoms with van der Waals surface area (Å²) in [5.74, 6) is 0.734. The van der Waals surface area contributed by atoms with Gasteiger partial charge in [-0.25, -0.2) is 0 Å². The fourth-order valence-electron chi connectivity index (χ4n) is 3.68. The molecule has 0 spiro atoms. The molecule has 34 heavy (non-hydrogen) atoms. The predicted octanol–water partition coefficient (Wildman–Crippen LogP) is 4.87. The Hall–Kier alpha value is -3.25. The third kappa shape index (κ3) is 7.39. The molecule has 3 rings (SSSR count). The van der Waals surface area contributed by atoms with Gasteiger partial charge in [0.05, 0.1) is 12.9 Å². The number of amides is 2. The molecule has 0 aliphatic carbocycles. The van der Waals surface area contributed by atoms with Gasteiger partial charge in [-0.3, -0.25) is 9.59 Å². The maximum absolute atomic E-state index is 13.6. The number of ether oxygens (including phenoxy) is 1. The summed E-state index contributed by atoms with van der Waals surface area (Å²) in [7, 11) is 1.62. The van der Waals surface area contributed by atoms with E-state index in [-0.39, 0.29) is 17.6 Å². The first kappa shape index (κ1) is 25.4. The van der Waals surface area contributed by atoms with Crippen molar-refractivity contribution in [1.29, 1.82) is 0 Å². The number of thioether (sulfide) groups is 1. The van der Waals surface area contributed by atoms with Crippen LogP contribution < -0.4 is 10.1 Å². The molecule has 3 aromatic carbocycles. The van der Waals surface area contributed by atoms with E-state index in [1.807, 2.05) is 92.7 Å². The van der Waals surface area contributed by atoms with Gasteiger partial charge in [0.2, 0.25) is 11.8 Å². The van der Waals surface area contributed by atoms with E-state index in [1.54, 1.807) is 12.0 Å². The second-order valence-electron chi connectivity index (χ2n) is 8.07. The molecule has 3 aromatic rings. The number of nitrogens with zero attached hydrogens (tertiary/aromatic N) is 1. The number of aryl methyl sites for hydroxylation is 1. The standard InChI is InChI=1S/C28H32N2O3S/c1-4-29-28(32)26(18-22-9-6-5-7-10-22)30(19-23-11-8-12-24(17-23)33-3)27(31)20-34-25-15-13-21(2)14-16-25/h5-17,26H,4,18-20H2,1-3H3,(H,29,32)/t26-/m1/s1. The maximum atomic E-state index is 13.6. The highest BCUT2D eigenvalue weighted by Crippen LogP contribution is 2.22. The Morgan fingerprint density at radius 3 is 2.35 bits per heavy atom. The second-order valence-corrected chi connectivity index (χ2v) is 9.12. The number of rotatable bonds is 11. The minimum Gasteiger partial charge on any atom is -0.497 e. The van der Waals surface area contributed by atoms with Gasteiger partial charge in [0, 0.05) is 24.4 Å². The average molecular weight is 477 g/mol. The van der Waals surface area contributed by atoms with Gasteiger partial charge in [-0.2, -0.15) is 0 Å². The quantitative estimate of drug-likeness (QED) is 0.401. The molecule has 0 aliphatic heterocycles. The molecular weight excluding hydrogens is 444 g/mol. The minimum atomic E-state index is -0.625. The highest BCUT2D eigenvalue weighted by atomic mass is 32.2. The van der Waals surface area contributed by atoms with Gasteiger partial charge in [-0.05, 0) is 49.2 Å². The van der Waals surface area contributed by atoms with Crippen LogP contribution in [-0.4, -0.2) is 42.2 Å². The molecule has 0 bridgehead atoms. The van der Waals surface area contributed by atoms with Crippen molar-refractivity contribution in [1.82, 2.24) is 10.2 Å². The zero-order valence-electron chi connectivity index (χ0n) is 20.0. The molecule has 178 valence electrons. The van der Waals surface area contributed by atoms with Crippen LogP contribution in [0.25, 0.3) is 0 Å². The molecule has 0 aromatic heterocycles. The molecule has 0 saturated heterocycles. The number of nitrogens with one attached hydrogen (secondary N) is 1. The van der Waals surface area contributed by atoms with Crippen LogP contribution in [0, 0.1) is 6.92 Å². The van der Waals surface area contributed by atoms with E-state index in [0.717, 1.165) is 21.8 Å². The van der Waals surface area contributed by atoms with Crippen molar-refractivity contribution >= 4 is 23.6 Å². The van der Waals surface area contributed by atoms with Gasteiger partial charge in [0.25, 0.3) is 0 Å². The lowest BCUT2D eigenvalue weighted by atomic mass is 10.0. The second kappa shape index (κ2) is 12.8. The Bertz CT molecular complexity index is 1070. The molecule has 0 radical (unpaired) electrons. The summed E-state index contributed by atoms with van der Waals surface area (Å²) in [4.78, 5) is 29.5. The lowest BCUT2D eigenvalue weighted by molar-refractivity contribution is -0.139. The molecular formula is C28H32N2O3S. The zero-order chi connectivity index (χ0) is 24.3. The fraction of sp³-hybridized carbons (Fsp3) is 0.286. The average Bonchev–Trinajstić information content (AvgIpc) is 2.86. The van der Waals surface area contributed by atoms with E-state index >= 15 is 0 Å². The van der Waals surface area contributed by atoms with Crippen molar-refractivity contribution in [3.05, 3.63) is 95.6 Å². The van der Waals surface area contributed by atoms with Crippen LogP contribution in [0.15, 0.2) is 83.8 Å². The van der Waals surface area contributed by atoms with Gasteiger partial charge >= 0.3 is 0 Å². The molecule has 0 saturated carbocycles. The van der Waals surface area contributed by atoms with Crippen LogP contribution >= 0.6 is 11.8 Å². The Kier molecular flexibility index (Phi) is 9.59. The number of hydrogen-bond acceptors (Lipinski definition) is 4. The number of hydrogen-bond donors (Lipinski definition) is 1. The largest absolute Gasteiger partial charge is 0.497 e. The first-order valence-corrected chi connectivity index (χ1v) is 12.4. The molecule has 1 atom stereocenters. The summed E-state index contributed by atoms with van der Waals surface area (Å²) in [6.07, 6.45) is 0.442. The highest BCUT2D eigenvalue weighted by Gasteiger charge is 2.30. The Morgan fingerprint density at radius 2 is 1.68 bits per heavy atom. The normalized spacial score (nSPS) is 11.5. The fourth-order valence-corrected chi connectivity index (χ4v) is 4.46. The maximum Gasteiger partial charge on any atom is 0.243 e. The van der Waals surface area contributed by atoms with Crippen LogP contribution in [-0.2, 0) is 22.6 Å². The van der Waals surface area contributed by atoms with Crippen molar-refractivity contribution in [2.45, 2.75) is 37.8 Å². The smallest absolute Gasteiger partial charge is 0.243 e. The molecule has 0 fully saturated rings. The molecule has 0 unspecified atom stereocenters. The van der Waals surface area contributed by atoms with Gasteiger partial charge in [-0.15, -0.1) is 11.8 Å². The number of methoxy groups -OCH3 is 1. The summed E-state index contributed by atoms with van der Waals surface area (Å²) < 4.78 is 5.37. The Morgan fingerprint density at radius 1 is 0.971 bits per heavy atom. The first-order chi connectivity index (χ1) is 16.5.